The first-order chi connectivity index (χ1) is 28.0. The molecule has 298 valence electrons. The minimum atomic E-state index is -0.420. The molecule has 0 amide bonds. The first kappa shape index (κ1) is 41.7. The van der Waals surface area contributed by atoms with Crippen LogP contribution in [0.1, 0.15) is 77.6 Å². The highest BCUT2D eigenvalue weighted by Gasteiger charge is 2.52. The lowest BCUT2D eigenvalue weighted by atomic mass is 9.78. The molecule has 59 heavy (non-hydrogen) atoms. The Kier molecular flexibility index (Phi) is 11.5. The van der Waals surface area contributed by atoms with Gasteiger partial charge in [0, 0.05) is 5.57 Å². The summed E-state index contributed by atoms with van der Waals surface area (Å²) >= 11 is 0. The SMILES string of the molecule is CC1(C)OB(c2ccc(C(C#N)=C(c3ccccc3)c3ccccc3)cc2)OC1(C)C.COc1ccc(-c2ccc3cc(B4OC(C)(C)C(C)(C)O4)ccc3c2)cc1C. The number of ether oxygens (including phenoxy) is 1. The van der Waals surface area contributed by atoms with Gasteiger partial charge in [-0.2, -0.15) is 5.26 Å². The highest BCUT2D eigenvalue weighted by molar-refractivity contribution is 6.62. The van der Waals surface area contributed by atoms with Gasteiger partial charge in [0.05, 0.1) is 35.1 Å². The molecule has 8 rings (SSSR count). The molecule has 0 aliphatic carbocycles. The topological polar surface area (TPSA) is 69.9 Å². The van der Waals surface area contributed by atoms with Crippen molar-refractivity contribution in [2.24, 2.45) is 0 Å². The Balaban J connectivity index is 0.000000180. The zero-order chi connectivity index (χ0) is 42.2. The second-order valence-electron chi connectivity index (χ2n) is 17.4. The van der Waals surface area contributed by atoms with Crippen LogP contribution in [0.25, 0.3) is 33.0 Å². The number of nitrogens with zero attached hydrogens (tertiary/aromatic N) is 1. The number of allylic oxidation sites excluding steroid dienone is 1. The van der Waals surface area contributed by atoms with Gasteiger partial charge in [0.1, 0.15) is 11.8 Å². The summed E-state index contributed by atoms with van der Waals surface area (Å²) in [6.07, 6.45) is 0. The fraction of sp³-hybridized carbons (Fsp3) is 0.275. The van der Waals surface area contributed by atoms with E-state index in [0.717, 1.165) is 44.5 Å². The Hall–Kier alpha value is -5.42. The molecule has 6 aromatic carbocycles. The molecule has 6 nitrogen and oxygen atoms in total. The molecule has 0 N–H and O–H groups in total. The monoisotopic (exact) mass is 781 g/mol. The third-order valence-electron chi connectivity index (χ3n) is 12.3. The molecule has 8 heteroatoms. The van der Waals surface area contributed by atoms with Crippen LogP contribution in [0, 0.1) is 18.3 Å². The molecule has 6 aromatic rings. The third kappa shape index (κ3) is 8.53. The lowest BCUT2D eigenvalue weighted by Gasteiger charge is -2.32. The molecule has 0 aromatic heterocycles. The van der Waals surface area contributed by atoms with Crippen LogP contribution in [-0.4, -0.2) is 43.8 Å². The van der Waals surface area contributed by atoms with Crippen molar-refractivity contribution in [1.82, 2.24) is 0 Å². The smallest absolute Gasteiger partial charge is 0.494 e. The average Bonchev–Trinajstić information content (AvgIpc) is 3.59. The summed E-state index contributed by atoms with van der Waals surface area (Å²) in [5.74, 6) is 0.914. The van der Waals surface area contributed by atoms with E-state index < -0.39 is 7.12 Å². The number of benzene rings is 6. The maximum Gasteiger partial charge on any atom is 0.494 e. The molecule has 2 aliphatic rings. The molecule has 0 atom stereocenters. The predicted molar refractivity (Wildman–Crippen MR) is 243 cm³/mol. The first-order valence-electron chi connectivity index (χ1n) is 20.3. The van der Waals surface area contributed by atoms with Gasteiger partial charge in [-0.05, 0) is 136 Å². The lowest BCUT2D eigenvalue weighted by molar-refractivity contribution is 0.00578. The van der Waals surface area contributed by atoms with Crippen LogP contribution in [0.15, 0.2) is 140 Å². The van der Waals surface area contributed by atoms with Crippen molar-refractivity contribution in [3.8, 4) is 22.9 Å². The number of rotatable bonds is 7. The molecule has 2 fully saturated rings. The van der Waals surface area contributed by atoms with E-state index in [4.69, 9.17) is 23.4 Å². The van der Waals surface area contributed by atoms with Crippen molar-refractivity contribution in [3.63, 3.8) is 0 Å². The Bertz CT molecular complexity index is 2450. The van der Waals surface area contributed by atoms with Gasteiger partial charge in [-0.15, -0.1) is 0 Å². The fourth-order valence-electron chi connectivity index (χ4n) is 7.34. The average molecular weight is 782 g/mol. The second-order valence-corrected chi connectivity index (χ2v) is 17.4. The largest absolute Gasteiger partial charge is 0.496 e. The Morgan fingerprint density at radius 3 is 1.44 bits per heavy atom. The maximum atomic E-state index is 10.1. The van der Waals surface area contributed by atoms with Crippen LogP contribution in [-0.2, 0) is 18.6 Å². The lowest BCUT2D eigenvalue weighted by Crippen LogP contribution is -2.41. The summed E-state index contributed by atoms with van der Waals surface area (Å²) in [6, 6.07) is 49.8. The van der Waals surface area contributed by atoms with E-state index in [-0.39, 0.29) is 29.5 Å². The number of fused-ring (bicyclic) bond motifs is 1. The number of nitriles is 1. The second kappa shape index (κ2) is 16.3. The summed E-state index contributed by atoms with van der Waals surface area (Å²) in [5, 5.41) is 12.5. The summed E-state index contributed by atoms with van der Waals surface area (Å²) in [6.45, 7) is 18.6. The Morgan fingerprint density at radius 1 is 0.508 bits per heavy atom. The Labute approximate surface area is 351 Å². The van der Waals surface area contributed by atoms with E-state index in [9.17, 15) is 5.26 Å². The number of hydrogen-bond donors (Lipinski definition) is 0. The molecule has 2 aliphatic heterocycles. The van der Waals surface area contributed by atoms with Crippen molar-refractivity contribution < 1.29 is 23.4 Å². The zero-order valence-electron chi connectivity index (χ0n) is 35.9. The molecule has 0 radical (unpaired) electrons. The maximum absolute atomic E-state index is 10.1. The number of aryl methyl sites for hydroxylation is 1. The van der Waals surface area contributed by atoms with Crippen molar-refractivity contribution >= 4 is 47.1 Å². The quantitative estimate of drug-likeness (QED) is 0.0913. The number of hydrogen-bond acceptors (Lipinski definition) is 6. The van der Waals surface area contributed by atoms with Gasteiger partial charge in [-0.25, -0.2) is 0 Å². The molecule has 2 heterocycles. The zero-order valence-corrected chi connectivity index (χ0v) is 35.9. The van der Waals surface area contributed by atoms with E-state index in [1.54, 1.807) is 7.11 Å². The summed E-state index contributed by atoms with van der Waals surface area (Å²) in [5.41, 5.74) is 8.54. The van der Waals surface area contributed by atoms with Gasteiger partial charge in [0.2, 0.25) is 0 Å². The van der Waals surface area contributed by atoms with Crippen molar-refractivity contribution in [1.29, 1.82) is 5.26 Å². The molecular formula is C51H53B2NO5. The minimum absolute atomic E-state index is 0.331. The molecule has 0 unspecified atom stereocenters. The third-order valence-corrected chi connectivity index (χ3v) is 12.3. The highest BCUT2D eigenvalue weighted by atomic mass is 16.7. The van der Waals surface area contributed by atoms with E-state index in [2.05, 4.69) is 89.2 Å². The molecule has 0 spiro atoms. The summed E-state index contributed by atoms with van der Waals surface area (Å²) in [7, 11) is 0.949. The van der Waals surface area contributed by atoms with Gasteiger partial charge in [0.15, 0.2) is 0 Å². The predicted octanol–water partition coefficient (Wildman–Crippen LogP) is 10.6. The van der Waals surface area contributed by atoms with Gasteiger partial charge in [-0.3, -0.25) is 0 Å². The van der Waals surface area contributed by atoms with Crippen molar-refractivity contribution in [2.75, 3.05) is 7.11 Å². The van der Waals surface area contributed by atoms with Crippen molar-refractivity contribution in [3.05, 3.63) is 162 Å². The van der Waals surface area contributed by atoms with E-state index in [1.165, 1.54) is 21.9 Å². The fourth-order valence-corrected chi connectivity index (χ4v) is 7.34. The van der Waals surface area contributed by atoms with Crippen LogP contribution in [0.2, 0.25) is 0 Å². The van der Waals surface area contributed by atoms with Gasteiger partial charge >= 0.3 is 14.2 Å². The number of methoxy groups -OCH3 is 1. The van der Waals surface area contributed by atoms with Gasteiger partial charge in [-0.1, -0.05) is 121 Å². The normalized spacial score (nSPS) is 17.2. The minimum Gasteiger partial charge on any atom is -0.496 e. The van der Waals surface area contributed by atoms with Crippen LogP contribution in [0.3, 0.4) is 0 Å². The van der Waals surface area contributed by atoms with Crippen LogP contribution in [0.5, 0.6) is 5.75 Å². The van der Waals surface area contributed by atoms with E-state index >= 15 is 0 Å². The van der Waals surface area contributed by atoms with Gasteiger partial charge in [0.25, 0.3) is 0 Å². The molecular weight excluding hydrogens is 728 g/mol. The summed E-state index contributed by atoms with van der Waals surface area (Å²) in [4.78, 5) is 0. The van der Waals surface area contributed by atoms with Gasteiger partial charge < -0.3 is 23.4 Å². The summed E-state index contributed by atoms with van der Waals surface area (Å²) < 4.78 is 30.1. The highest BCUT2D eigenvalue weighted by Crippen LogP contribution is 2.38. The molecule has 2 saturated heterocycles. The van der Waals surface area contributed by atoms with Crippen LogP contribution in [0.4, 0.5) is 0 Å². The van der Waals surface area contributed by atoms with Crippen molar-refractivity contribution in [2.45, 2.75) is 84.7 Å². The standard InChI is InChI=1S/C27H26BNO2.C24H27BO3/c1-26(2)27(3,4)31-28(30-26)23-17-15-20(16-18-23)24(19-29)25(21-11-7-5-8-12-21)22-13-9-6-10-14-22;1-16-13-17(10-12-22(16)26-6)18-7-8-20-15-21(11-9-19(20)14-18)25-27-23(2,3)24(4,5)28-25/h5-18H,1-4H3;7-15H,1-6H3. The molecule has 0 bridgehead atoms. The first-order valence-corrected chi connectivity index (χ1v) is 20.3. The van der Waals surface area contributed by atoms with E-state index in [0.29, 0.717) is 5.57 Å². The van der Waals surface area contributed by atoms with E-state index in [1.807, 2.05) is 119 Å². The van der Waals surface area contributed by atoms with Crippen LogP contribution < -0.4 is 15.7 Å². The molecule has 0 saturated carbocycles. The Morgan fingerprint density at radius 2 is 0.949 bits per heavy atom. The van der Waals surface area contributed by atoms with Crippen LogP contribution >= 0.6 is 0 Å².